The SMILES string of the molecule is C1=CCC=C1.C1=CCC=C1.[Cl-].[Cl-].[Cl-].[Cl-].[Pt+4]. The fourth-order valence-electron chi connectivity index (χ4n) is 0.786. The van der Waals surface area contributed by atoms with Crippen molar-refractivity contribution in [3.8, 4) is 0 Å². The summed E-state index contributed by atoms with van der Waals surface area (Å²) in [5.41, 5.74) is 0. The van der Waals surface area contributed by atoms with Crippen LogP contribution in [0.5, 0.6) is 0 Å². The zero-order chi connectivity index (χ0) is 7.07. The second-order valence-electron chi connectivity index (χ2n) is 2.18. The Morgan fingerprint density at radius 1 is 0.467 bits per heavy atom. The van der Waals surface area contributed by atoms with Crippen LogP contribution < -0.4 is 49.6 Å². The van der Waals surface area contributed by atoms with Gasteiger partial charge in [0.05, 0.1) is 0 Å². The minimum absolute atomic E-state index is 0. The molecule has 0 bridgehead atoms. The van der Waals surface area contributed by atoms with Gasteiger partial charge in [0.25, 0.3) is 0 Å². The molecule has 0 aliphatic heterocycles. The van der Waals surface area contributed by atoms with Crippen molar-refractivity contribution >= 4 is 0 Å². The summed E-state index contributed by atoms with van der Waals surface area (Å²) in [5.74, 6) is 0. The quantitative estimate of drug-likeness (QED) is 0.331. The first-order chi connectivity index (χ1) is 5.00. The van der Waals surface area contributed by atoms with Gasteiger partial charge >= 0.3 is 21.1 Å². The molecule has 0 aromatic carbocycles. The maximum atomic E-state index is 2.12. The molecule has 0 fully saturated rings. The van der Waals surface area contributed by atoms with Gasteiger partial charge in [-0.3, -0.25) is 0 Å². The van der Waals surface area contributed by atoms with Gasteiger partial charge in [-0.15, -0.1) is 0 Å². The molecule has 0 heterocycles. The second-order valence-corrected chi connectivity index (χ2v) is 2.18. The molecule has 0 nitrogen and oxygen atoms in total. The third-order valence-electron chi connectivity index (χ3n) is 1.31. The van der Waals surface area contributed by atoms with Gasteiger partial charge in [0.2, 0.25) is 0 Å². The average molecular weight is 469 g/mol. The van der Waals surface area contributed by atoms with Gasteiger partial charge in [-0.1, -0.05) is 48.6 Å². The third-order valence-corrected chi connectivity index (χ3v) is 1.31. The summed E-state index contributed by atoms with van der Waals surface area (Å²) in [6.45, 7) is 0. The van der Waals surface area contributed by atoms with Crippen molar-refractivity contribution in [2.75, 3.05) is 0 Å². The van der Waals surface area contributed by atoms with Crippen LogP contribution in [0.2, 0.25) is 0 Å². The maximum Gasteiger partial charge on any atom is 4.00 e. The molecule has 0 N–H and O–H groups in total. The van der Waals surface area contributed by atoms with E-state index in [2.05, 4.69) is 48.6 Å². The largest absolute Gasteiger partial charge is 4.00 e. The Kier molecular flexibility index (Phi) is 47.8. The normalized spacial score (nSPS) is 11.7. The van der Waals surface area contributed by atoms with Gasteiger partial charge in [0, 0.05) is 0 Å². The maximum absolute atomic E-state index is 2.12. The monoisotopic (exact) mass is 467 g/mol. The first kappa shape index (κ1) is 29.7. The Bertz CT molecular complexity index is 156. The minimum atomic E-state index is 0. The van der Waals surface area contributed by atoms with Gasteiger partial charge in [-0.05, 0) is 12.8 Å². The fourth-order valence-corrected chi connectivity index (χ4v) is 0.786. The van der Waals surface area contributed by atoms with Crippen molar-refractivity contribution in [3.63, 3.8) is 0 Å². The van der Waals surface area contributed by atoms with E-state index in [1.807, 2.05) is 0 Å². The molecule has 0 amide bonds. The van der Waals surface area contributed by atoms with Crippen LogP contribution in [0.4, 0.5) is 0 Å². The summed E-state index contributed by atoms with van der Waals surface area (Å²) in [7, 11) is 0. The Morgan fingerprint density at radius 2 is 0.667 bits per heavy atom. The van der Waals surface area contributed by atoms with Crippen molar-refractivity contribution in [3.05, 3.63) is 48.6 Å². The fraction of sp³-hybridized carbons (Fsp3) is 0.200. The van der Waals surface area contributed by atoms with Crippen molar-refractivity contribution < 1.29 is 70.7 Å². The van der Waals surface area contributed by atoms with Crippen LogP contribution in [-0.4, -0.2) is 0 Å². The van der Waals surface area contributed by atoms with Gasteiger partial charge in [-0.2, -0.15) is 0 Å². The standard InChI is InChI=1S/2C5H6.4ClH.Pt/c2*1-2-4-5-3-1;;;;;/h2*1-4H,5H2;4*1H;/q;;;;;;+4/p-4. The molecule has 0 aromatic heterocycles. The number of rotatable bonds is 0. The molecule has 90 valence electrons. The molecular formula is C10H12Cl4Pt. The van der Waals surface area contributed by atoms with Crippen LogP contribution in [0.25, 0.3) is 0 Å². The molecule has 15 heavy (non-hydrogen) atoms. The predicted octanol–water partition coefficient (Wildman–Crippen LogP) is -8.98. The summed E-state index contributed by atoms with van der Waals surface area (Å²) in [5, 5.41) is 0. The molecule has 0 unspecified atom stereocenters. The molecule has 0 saturated heterocycles. The number of hydrogen-bond donors (Lipinski definition) is 0. The van der Waals surface area contributed by atoms with E-state index in [4.69, 9.17) is 0 Å². The molecule has 2 rings (SSSR count). The Hall–Kier alpha value is 0.808. The van der Waals surface area contributed by atoms with Crippen molar-refractivity contribution in [2.45, 2.75) is 12.8 Å². The van der Waals surface area contributed by atoms with Crippen LogP contribution in [0.3, 0.4) is 0 Å². The summed E-state index contributed by atoms with van der Waals surface area (Å²) >= 11 is 0. The zero-order valence-corrected chi connectivity index (χ0v) is 13.2. The Morgan fingerprint density at radius 3 is 0.733 bits per heavy atom. The van der Waals surface area contributed by atoms with Gasteiger partial charge in [0.1, 0.15) is 0 Å². The third kappa shape index (κ3) is 20.8. The topological polar surface area (TPSA) is 0 Å². The van der Waals surface area contributed by atoms with Crippen LogP contribution >= 0.6 is 0 Å². The van der Waals surface area contributed by atoms with E-state index in [1.54, 1.807) is 0 Å². The molecule has 0 radical (unpaired) electrons. The number of hydrogen-bond acceptors (Lipinski definition) is 0. The first-order valence-electron chi connectivity index (χ1n) is 3.63. The smallest absolute Gasteiger partial charge is 1.00 e. The average Bonchev–Trinajstić information content (AvgIpc) is 2.67. The molecule has 0 aromatic rings. The molecule has 2 aliphatic carbocycles. The van der Waals surface area contributed by atoms with Gasteiger partial charge in [0.15, 0.2) is 0 Å². The van der Waals surface area contributed by atoms with E-state index >= 15 is 0 Å². The molecule has 0 saturated carbocycles. The summed E-state index contributed by atoms with van der Waals surface area (Å²) in [6.07, 6.45) is 19.0. The molecule has 2 aliphatic rings. The molecule has 0 spiro atoms. The van der Waals surface area contributed by atoms with Crippen LogP contribution in [0.1, 0.15) is 12.8 Å². The summed E-state index contributed by atoms with van der Waals surface area (Å²) in [6, 6.07) is 0. The first-order valence-corrected chi connectivity index (χ1v) is 3.63. The molecule has 0 atom stereocenters. The van der Waals surface area contributed by atoms with Crippen molar-refractivity contribution in [1.29, 1.82) is 0 Å². The Labute approximate surface area is 131 Å². The van der Waals surface area contributed by atoms with Gasteiger partial charge < -0.3 is 49.6 Å². The van der Waals surface area contributed by atoms with Crippen molar-refractivity contribution in [2.24, 2.45) is 0 Å². The molecule has 5 heteroatoms. The zero-order valence-electron chi connectivity index (χ0n) is 7.86. The summed E-state index contributed by atoms with van der Waals surface area (Å²) in [4.78, 5) is 0. The predicted molar refractivity (Wildman–Crippen MR) is 45.8 cm³/mol. The van der Waals surface area contributed by atoms with E-state index < -0.39 is 0 Å². The van der Waals surface area contributed by atoms with Gasteiger partial charge in [-0.25, -0.2) is 0 Å². The van der Waals surface area contributed by atoms with E-state index in [9.17, 15) is 0 Å². The Balaban J connectivity index is -0.0000000333. The van der Waals surface area contributed by atoms with E-state index in [0.717, 1.165) is 12.8 Å². The van der Waals surface area contributed by atoms with E-state index in [-0.39, 0.29) is 70.7 Å². The number of halogens is 4. The minimum Gasteiger partial charge on any atom is -1.00 e. The molecular weight excluding hydrogens is 457 g/mol. The summed E-state index contributed by atoms with van der Waals surface area (Å²) < 4.78 is 0. The number of allylic oxidation sites excluding steroid dienone is 8. The van der Waals surface area contributed by atoms with Crippen LogP contribution in [0, 0.1) is 0 Å². The van der Waals surface area contributed by atoms with E-state index in [1.165, 1.54) is 0 Å². The van der Waals surface area contributed by atoms with Crippen molar-refractivity contribution in [1.82, 2.24) is 0 Å². The second kappa shape index (κ2) is 24.2. The van der Waals surface area contributed by atoms with E-state index in [0.29, 0.717) is 0 Å². The van der Waals surface area contributed by atoms with Crippen LogP contribution in [-0.2, 0) is 21.1 Å². The van der Waals surface area contributed by atoms with Crippen LogP contribution in [0.15, 0.2) is 48.6 Å².